The van der Waals surface area contributed by atoms with Crippen LogP contribution in [0, 0.1) is 0 Å². The number of ether oxygens (including phenoxy) is 1. The number of pyridine rings is 1. The van der Waals surface area contributed by atoms with Gasteiger partial charge in [0.1, 0.15) is 12.4 Å². The van der Waals surface area contributed by atoms with Gasteiger partial charge in [-0.3, -0.25) is 4.79 Å². The molecule has 2 heterocycles. The van der Waals surface area contributed by atoms with Crippen molar-refractivity contribution in [3.8, 4) is 0 Å². The molecule has 1 aliphatic heterocycles. The lowest BCUT2D eigenvalue weighted by atomic mass is 9.98. The van der Waals surface area contributed by atoms with Gasteiger partial charge >= 0.3 is 0 Å². The van der Waals surface area contributed by atoms with E-state index in [4.69, 9.17) is 4.74 Å². The summed E-state index contributed by atoms with van der Waals surface area (Å²) in [4.78, 5) is 16.7. The Kier molecular flexibility index (Phi) is 5.50. The molecule has 2 aromatic rings. The summed E-state index contributed by atoms with van der Waals surface area (Å²) in [7, 11) is 0. The number of fused-ring (bicyclic) bond motifs is 1. The second kappa shape index (κ2) is 8.05. The summed E-state index contributed by atoms with van der Waals surface area (Å²) in [5.74, 6) is -0.263. The van der Waals surface area contributed by atoms with E-state index >= 15 is 0 Å². The van der Waals surface area contributed by atoms with Crippen molar-refractivity contribution in [1.29, 1.82) is 0 Å². The number of nitrogens with zero attached hydrogens (tertiary/aromatic N) is 1. The normalized spacial score (nSPS) is 19.9. The fraction of sp³-hybridized carbons (Fsp3) is 0.500. The number of alkyl halides is 3. The number of halogens is 3. The fourth-order valence-electron chi connectivity index (χ4n) is 3.56. The third kappa shape index (κ3) is 3.98. The van der Waals surface area contributed by atoms with E-state index in [2.05, 4.69) is 15.6 Å². The van der Waals surface area contributed by atoms with Gasteiger partial charge < -0.3 is 15.4 Å². The molecule has 0 bridgehead atoms. The molecule has 4 rings (SSSR count). The van der Waals surface area contributed by atoms with Crippen molar-refractivity contribution in [2.24, 2.45) is 0 Å². The maximum absolute atomic E-state index is 13.7. The summed E-state index contributed by atoms with van der Waals surface area (Å²) in [5.41, 5.74) is 0.830. The minimum atomic E-state index is -2.78. The number of hydrogen-bond donors (Lipinski definition) is 2. The molecule has 2 fully saturated rings. The summed E-state index contributed by atoms with van der Waals surface area (Å²) in [6, 6.07) is 4.43. The lowest BCUT2D eigenvalue weighted by Gasteiger charge is -2.23. The van der Waals surface area contributed by atoms with Crippen molar-refractivity contribution in [3.05, 3.63) is 40.6 Å². The molecule has 1 atom stereocenters. The molecule has 1 saturated carbocycles. The molecule has 0 spiro atoms. The van der Waals surface area contributed by atoms with Gasteiger partial charge in [-0.15, -0.1) is 0 Å². The summed E-state index contributed by atoms with van der Waals surface area (Å²) < 4.78 is 46.4. The Labute approximate surface area is 160 Å². The molecule has 1 aromatic heterocycles. The van der Waals surface area contributed by atoms with Crippen LogP contribution in [0.2, 0.25) is 0 Å². The Bertz CT molecular complexity index is 881. The second-order valence-corrected chi connectivity index (χ2v) is 7.32. The third-order valence-electron chi connectivity index (χ3n) is 5.21. The number of amides is 1. The van der Waals surface area contributed by atoms with Gasteiger partial charge in [-0.25, -0.2) is 18.2 Å². The first-order valence-corrected chi connectivity index (χ1v) is 9.47. The second-order valence-electron chi connectivity index (χ2n) is 7.32. The van der Waals surface area contributed by atoms with Crippen LogP contribution in [0.5, 0.6) is 0 Å². The quantitative estimate of drug-likeness (QED) is 0.791. The molecule has 8 heteroatoms. The van der Waals surface area contributed by atoms with Gasteiger partial charge in [-0.05, 0) is 36.5 Å². The van der Waals surface area contributed by atoms with Crippen LogP contribution in [0.3, 0.4) is 0 Å². The van der Waals surface area contributed by atoms with Crippen LogP contribution in [0.15, 0.2) is 18.2 Å². The smallest absolute Gasteiger partial charge is 0.269 e. The maximum atomic E-state index is 13.7. The van der Waals surface area contributed by atoms with E-state index in [0.717, 1.165) is 24.5 Å². The van der Waals surface area contributed by atoms with E-state index < -0.39 is 19.0 Å². The molecular weight excluding hydrogens is 371 g/mol. The largest absolute Gasteiger partial charge is 0.378 e. The molecule has 150 valence electrons. The van der Waals surface area contributed by atoms with Crippen molar-refractivity contribution in [1.82, 2.24) is 15.6 Å². The summed E-state index contributed by atoms with van der Waals surface area (Å²) in [5, 5.41) is 6.12. The molecule has 2 N–H and O–H groups in total. The molecular formula is C20H22F3N3O2. The van der Waals surface area contributed by atoms with Gasteiger partial charge in [0.25, 0.3) is 12.3 Å². The highest BCUT2D eigenvalue weighted by atomic mass is 19.3. The third-order valence-corrected chi connectivity index (χ3v) is 5.21. The number of hydrogen-bond acceptors (Lipinski definition) is 4. The predicted octanol–water partition coefficient (Wildman–Crippen LogP) is 3.24. The van der Waals surface area contributed by atoms with Gasteiger partial charge in [0.2, 0.25) is 0 Å². The topological polar surface area (TPSA) is 63.2 Å². The highest BCUT2D eigenvalue weighted by molar-refractivity contribution is 5.97. The Morgan fingerprint density at radius 2 is 2.14 bits per heavy atom. The zero-order chi connectivity index (χ0) is 19.7. The molecule has 1 amide bonds. The number of rotatable bonds is 6. The molecule has 0 radical (unpaired) electrons. The fourth-order valence-corrected chi connectivity index (χ4v) is 3.56. The molecule has 5 nitrogen and oxygen atoms in total. The van der Waals surface area contributed by atoms with E-state index in [9.17, 15) is 18.0 Å². The predicted molar refractivity (Wildman–Crippen MR) is 98.4 cm³/mol. The van der Waals surface area contributed by atoms with Gasteiger partial charge in [0.05, 0.1) is 18.7 Å². The molecule has 2 aliphatic rings. The van der Waals surface area contributed by atoms with Crippen molar-refractivity contribution in [2.75, 3.05) is 26.3 Å². The van der Waals surface area contributed by atoms with Crippen molar-refractivity contribution in [3.63, 3.8) is 0 Å². The number of morpholine rings is 1. The van der Waals surface area contributed by atoms with E-state index in [0.29, 0.717) is 32.2 Å². The van der Waals surface area contributed by atoms with Crippen LogP contribution in [-0.2, 0) is 11.4 Å². The molecule has 1 unspecified atom stereocenters. The number of nitrogens with one attached hydrogen (secondary N) is 2. The van der Waals surface area contributed by atoms with Crippen LogP contribution in [0.4, 0.5) is 13.2 Å². The van der Waals surface area contributed by atoms with Gasteiger partial charge in [0, 0.05) is 35.6 Å². The maximum Gasteiger partial charge on any atom is 0.269 e. The average Bonchev–Trinajstić information content (AvgIpc) is 3.56. The Hall–Kier alpha value is -2.19. The lowest BCUT2D eigenvalue weighted by Crippen LogP contribution is -2.48. The minimum Gasteiger partial charge on any atom is -0.378 e. The first-order chi connectivity index (χ1) is 13.6. The molecule has 1 saturated heterocycles. The van der Waals surface area contributed by atoms with E-state index in [1.807, 2.05) is 0 Å². The first-order valence-electron chi connectivity index (χ1n) is 9.47. The van der Waals surface area contributed by atoms with E-state index in [-0.39, 0.29) is 33.8 Å². The Morgan fingerprint density at radius 1 is 1.32 bits per heavy atom. The number of aromatic nitrogens is 1. The molecule has 1 aliphatic carbocycles. The van der Waals surface area contributed by atoms with Crippen LogP contribution in [0.25, 0.3) is 10.9 Å². The number of benzene rings is 1. The zero-order valence-corrected chi connectivity index (χ0v) is 15.3. The highest BCUT2D eigenvalue weighted by Gasteiger charge is 2.27. The lowest BCUT2D eigenvalue weighted by molar-refractivity contribution is 0.0733. The van der Waals surface area contributed by atoms with Crippen LogP contribution < -0.4 is 10.6 Å². The monoisotopic (exact) mass is 393 g/mol. The Morgan fingerprint density at radius 3 is 2.79 bits per heavy atom. The number of carbonyl (C=O) groups excluding carboxylic acids is 1. The SMILES string of the molecule is O=C(NCC1COCCN1)c1cc(C(F)F)c2cc(C3CC3)cc(CF)c2n1. The first kappa shape index (κ1) is 19.1. The van der Waals surface area contributed by atoms with Crippen LogP contribution in [0.1, 0.15) is 52.4 Å². The van der Waals surface area contributed by atoms with Gasteiger partial charge in [-0.2, -0.15) is 0 Å². The van der Waals surface area contributed by atoms with Crippen LogP contribution in [-0.4, -0.2) is 43.2 Å². The van der Waals surface area contributed by atoms with E-state index in [1.165, 1.54) is 0 Å². The summed E-state index contributed by atoms with van der Waals surface area (Å²) in [6.45, 7) is 1.24. The number of carbonyl (C=O) groups is 1. The van der Waals surface area contributed by atoms with Crippen LogP contribution >= 0.6 is 0 Å². The van der Waals surface area contributed by atoms with Crippen molar-refractivity contribution >= 4 is 16.8 Å². The molecule has 1 aromatic carbocycles. The summed E-state index contributed by atoms with van der Waals surface area (Å²) >= 11 is 0. The van der Waals surface area contributed by atoms with Gasteiger partial charge in [-0.1, -0.05) is 6.07 Å². The van der Waals surface area contributed by atoms with E-state index in [1.54, 1.807) is 12.1 Å². The molecule has 28 heavy (non-hydrogen) atoms. The standard InChI is InChI=1S/C20H22F3N3O2/c21-8-13-5-12(11-1-2-11)6-15-16(19(22)23)7-17(26-18(13)15)20(27)25-9-14-10-28-4-3-24-14/h5-7,11,14,19,24H,1-4,8-10H2,(H,25,27). The minimum absolute atomic E-state index is 0.0461. The average molecular weight is 393 g/mol. The highest BCUT2D eigenvalue weighted by Crippen LogP contribution is 2.42. The summed E-state index contributed by atoms with van der Waals surface area (Å²) in [6.07, 6.45) is -0.824. The zero-order valence-electron chi connectivity index (χ0n) is 15.3. The van der Waals surface area contributed by atoms with Gasteiger partial charge in [0.15, 0.2) is 0 Å². The van der Waals surface area contributed by atoms with Crippen molar-refractivity contribution in [2.45, 2.75) is 37.9 Å². The van der Waals surface area contributed by atoms with Crippen molar-refractivity contribution < 1.29 is 22.7 Å². The Balaban J connectivity index is 1.66.